The van der Waals surface area contributed by atoms with Gasteiger partial charge in [0.25, 0.3) is 17.7 Å². The smallest absolute Gasteiger partial charge is 0.413 e. The number of anilines is 3. The predicted molar refractivity (Wildman–Crippen MR) is 216 cm³/mol. The Morgan fingerprint density at radius 1 is 0.918 bits per heavy atom. The second kappa shape index (κ2) is 14.8. The largest absolute Gasteiger partial charge is 0.494 e. The molecule has 3 saturated heterocycles. The highest BCUT2D eigenvalue weighted by Gasteiger charge is 2.48. The van der Waals surface area contributed by atoms with Crippen LogP contribution in [0.2, 0.25) is 0 Å². The molecule has 0 bridgehead atoms. The van der Waals surface area contributed by atoms with Gasteiger partial charge >= 0.3 is 6.09 Å². The van der Waals surface area contributed by atoms with Crippen molar-refractivity contribution in [2.45, 2.75) is 50.7 Å². The number of ether oxygens (including phenoxy) is 3. The van der Waals surface area contributed by atoms with Gasteiger partial charge in [-0.2, -0.15) is 0 Å². The van der Waals surface area contributed by atoms with Crippen molar-refractivity contribution in [3.05, 3.63) is 65.7 Å². The summed E-state index contributed by atoms with van der Waals surface area (Å²) >= 11 is 0. The lowest BCUT2D eigenvalue weighted by atomic mass is 9.61. The van der Waals surface area contributed by atoms with Gasteiger partial charge in [0.05, 0.1) is 18.2 Å². The zero-order valence-electron chi connectivity index (χ0n) is 33.1. The van der Waals surface area contributed by atoms with Gasteiger partial charge in [-0.15, -0.1) is 0 Å². The zero-order valence-corrected chi connectivity index (χ0v) is 33.1. The fourth-order valence-electron chi connectivity index (χ4n) is 9.66. The third-order valence-corrected chi connectivity index (χ3v) is 12.9. The van der Waals surface area contributed by atoms with Crippen LogP contribution in [0.5, 0.6) is 11.6 Å². The van der Waals surface area contributed by atoms with Crippen LogP contribution in [0.25, 0.3) is 21.9 Å². The SMILES string of the molecule is COc1c(-c2cc3cc(NC(=O)OC4CC5(CCN(CC6CN(c7ccc8c(c7)C(=O)N(C7CCC(=O)NC7=O)C8=O)C6)CC5)C4)ncc3cc2F)cnc2c1NC(=O)CO2. The van der Waals surface area contributed by atoms with Crippen molar-refractivity contribution in [1.82, 2.24) is 25.1 Å². The number of nitrogens with one attached hydrogen (secondary N) is 3. The Bertz CT molecular complexity index is 2560. The molecule has 6 amide bonds. The molecule has 3 N–H and O–H groups in total. The maximum atomic E-state index is 15.4. The molecule has 6 aliphatic rings. The molecule has 61 heavy (non-hydrogen) atoms. The molecule has 10 rings (SSSR count). The summed E-state index contributed by atoms with van der Waals surface area (Å²) in [6.07, 6.45) is 5.90. The number of pyridine rings is 2. The van der Waals surface area contributed by atoms with Gasteiger partial charge in [0.1, 0.15) is 29.5 Å². The highest BCUT2D eigenvalue weighted by molar-refractivity contribution is 6.23. The molecule has 1 spiro atoms. The van der Waals surface area contributed by atoms with Crippen LogP contribution in [0.3, 0.4) is 0 Å². The summed E-state index contributed by atoms with van der Waals surface area (Å²) in [6, 6.07) is 8.82. The standard InChI is InChI=1S/C43H41FN8O9/c1-59-37-30(17-46-39-36(37)48-35(54)21-60-39)28-10-23-12-33(45-16-24(23)11-31(28)44)47-42(58)61-26-14-43(15-26)6-8-50(9-7-43)18-22-19-51(20-22)25-2-3-27-29(13-25)41(57)52(40(27)56)32-4-5-34(53)49-38(32)55/h2-3,10-13,16-17,22,26,32H,4-9,14-15,18-21H2,1H3,(H,48,54)(H,45,47,58)(H,49,53,55). The molecule has 314 valence electrons. The Morgan fingerprint density at radius 2 is 1.70 bits per heavy atom. The first-order valence-corrected chi connectivity index (χ1v) is 20.3. The average Bonchev–Trinajstić information content (AvgIpc) is 3.46. The van der Waals surface area contributed by atoms with E-state index in [0.29, 0.717) is 22.3 Å². The fourth-order valence-corrected chi connectivity index (χ4v) is 9.66. The van der Waals surface area contributed by atoms with Crippen molar-refractivity contribution in [2.24, 2.45) is 11.3 Å². The third-order valence-electron chi connectivity index (χ3n) is 12.9. The molecular weight excluding hydrogens is 792 g/mol. The van der Waals surface area contributed by atoms with Crippen LogP contribution in [-0.2, 0) is 19.1 Å². The Morgan fingerprint density at radius 3 is 2.48 bits per heavy atom. The third kappa shape index (κ3) is 6.93. The topological polar surface area (TPSA) is 202 Å². The molecular formula is C43H41FN8O9. The highest BCUT2D eigenvalue weighted by Crippen LogP contribution is 2.51. The Balaban J connectivity index is 0.690. The number of hydrogen-bond acceptors (Lipinski definition) is 13. The molecule has 1 atom stereocenters. The number of piperidine rings is 2. The number of fused-ring (bicyclic) bond motifs is 3. The summed E-state index contributed by atoms with van der Waals surface area (Å²) in [4.78, 5) is 89.5. The normalized spacial score (nSPS) is 21.3. The number of likely N-dealkylation sites (tertiary alicyclic amines) is 1. The van der Waals surface area contributed by atoms with Gasteiger partial charge in [-0.3, -0.25) is 39.5 Å². The minimum Gasteiger partial charge on any atom is -0.494 e. The molecule has 18 heteroatoms. The van der Waals surface area contributed by atoms with Gasteiger partial charge in [-0.25, -0.2) is 19.2 Å². The summed E-state index contributed by atoms with van der Waals surface area (Å²) in [5.74, 6) is -1.88. The first-order chi connectivity index (χ1) is 29.4. The molecule has 17 nitrogen and oxygen atoms in total. The van der Waals surface area contributed by atoms with Crippen LogP contribution < -0.4 is 30.3 Å². The predicted octanol–water partition coefficient (Wildman–Crippen LogP) is 4.11. The summed E-state index contributed by atoms with van der Waals surface area (Å²) in [7, 11) is 1.41. The number of carbonyl (C=O) groups excluding carboxylic acids is 6. The average molecular weight is 833 g/mol. The molecule has 1 aliphatic carbocycles. The molecule has 4 aromatic rings. The van der Waals surface area contributed by atoms with Crippen molar-refractivity contribution >= 4 is 63.6 Å². The minimum absolute atomic E-state index is 0.0763. The number of imide groups is 2. The summed E-state index contributed by atoms with van der Waals surface area (Å²) in [5.41, 5.74) is 2.27. The maximum absolute atomic E-state index is 15.4. The van der Waals surface area contributed by atoms with E-state index in [-0.39, 0.29) is 76.7 Å². The number of halogens is 1. The Kier molecular flexibility index (Phi) is 9.34. The number of rotatable bonds is 8. The fraction of sp³-hybridized carbons (Fsp3) is 0.395. The minimum atomic E-state index is -0.990. The molecule has 5 aliphatic heterocycles. The van der Waals surface area contributed by atoms with Crippen molar-refractivity contribution in [3.8, 4) is 22.8 Å². The van der Waals surface area contributed by atoms with Gasteiger partial charge < -0.3 is 29.3 Å². The number of nitrogens with zero attached hydrogens (tertiary/aromatic N) is 5. The Labute approximate surface area is 347 Å². The quantitative estimate of drug-likeness (QED) is 0.215. The van der Waals surface area contributed by atoms with Crippen LogP contribution in [0.1, 0.15) is 59.2 Å². The number of benzene rings is 2. The van der Waals surface area contributed by atoms with E-state index < -0.39 is 41.6 Å². The summed E-state index contributed by atoms with van der Waals surface area (Å²) in [6.45, 7) is 4.34. The van der Waals surface area contributed by atoms with Gasteiger partial charge in [0, 0.05) is 66.6 Å². The number of aromatic nitrogens is 2. The molecule has 7 heterocycles. The van der Waals surface area contributed by atoms with E-state index in [0.717, 1.165) is 69.0 Å². The van der Waals surface area contributed by atoms with E-state index in [9.17, 15) is 28.8 Å². The Hall–Kier alpha value is -6.69. The van der Waals surface area contributed by atoms with E-state index in [2.05, 4.69) is 35.7 Å². The van der Waals surface area contributed by atoms with E-state index in [1.807, 2.05) is 6.07 Å². The lowest BCUT2D eigenvalue weighted by Crippen LogP contribution is -2.55. The van der Waals surface area contributed by atoms with Crippen LogP contribution in [-0.4, -0.2) is 114 Å². The summed E-state index contributed by atoms with van der Waals surface area (Å²) < 4.78 is 32.1. The van der Waals surface area contributed by atoms with Gasteiger partial charge in [0.15, 0.2) is 12.4 Å². The number of carbonyl (C=O) groups is 6. The second-order valence-corrected chi connectivity index (χ2v) is 16.8. The van der Waals surface area contributed by atoms with Crippen molar-refractivity contribution in [2.75, 3.05) is 62.0 Å². The number of amides is 6. The molecule has 1 saturated carbocycles. The van der Waals surface area contributed by atoms with Crippen LogP contribution in [0, 0.1) is 17.2 Å². The molecule has 1 unspecified atom stereocenters. The van der Waals surface area contributed by atoms with Crippen molar-refractivity contribution in [3.63, 3.8) is 0 Å². The second-order valence-electron chi connectivity index (χ2n) is 16.8. The molecule has 2 aromatic heterocycles. The van der Waals surface area contributed by atoms with Gasteiger partial charge in [-0.05, 0) is 92.4 Å². The van der Waals surface area contributed by atoms with E-state index in [4.69, 9.17) is 14.2 Å². The maximum Gasteiger partial charge on any atom is 0.413 e. The monoisotopic (exact) mass is 832 g/mol. The molecule has 2 aromatic carbocycles. The van der Waals surface area contributed by atoms with Crippen molar-refractivity contribution < 1.29 is 47.4 Å². The molecule has 4 fully saturated rings. The van der Waals surface area contributed by atoms with Crippen LogP contribution >= 0.6 is 0 Å². The van der Waals surface area contributed by atoms with E-state index >= 15 is 4.39 Å². The van der Waals surface area contributed by atoms with Gasteiger partial charge in [-0.1, -0.05) is 0 Å². The van der Waals surface area contributed by atoms with Gasteiger partial charge in [0.2, 0.25) is 17.7 Å². The lowest BCUT2D eigenvalue weighted by molar-refractivity contribution is -0.136. The highest BCUT2D eigenvalue weighted by atomic mass is 19.1. The van der Waals surface area contributed by atoms with E-state index in [1.54, 1.807) is 24.3 Å². The zero-order chi connectivity index (χ0) is 42.2. The lowest BCUT2D eigenvalue weighted by Gasteiger charge is -2.52. The number of hydrogen-bond donors (Lipinski definition) is 3. The van der Waals surface area contributed by atoms with Crippen LogP contribution in [0.15, 0.2) is 48.8 Å². The summed E-state index contributed by atoms with van der Waals surface area (Å²) in [5, 5.41) is 8.74. The van der Waals surface area contributed by atoms with E-state index in [1.165, 1.54) is 25.6 Å². The molecule has 0 radical (unpaired) electrons. The number of methoxy groups -OCH3 is 1. The first kappa shape index (κ1) is 38.5. The first-order valence-electron chi connectivity index (χ1n) is 20.3. The van der Waals surface area contributed by atoms with Crippen LogP contribution in [0.4, 0.5) is 26.4 Å². The van der Waals surface area contributed by atoms with Crippen molar-refractivity contribution in [1.29, 1.82) is 0 Å².